The van der Waals surface area contributed by atoms with Gasteiger partial charge in [-0.15, -0.1) is 0 Å². The highest BCUT2D eigenvalue weighted by molar-refractivity contribution is 7.99. The molecule has 0 aliphatic heterocycles. The van der Waals surface area contributed by atoms with Crippen LogP contribution < -0.4 is 5.32 Å². The van der Waals surface area contributed by atoms with Gasteiger partial charge in [0.05, 0.1) is 4.92 Å². The number of halogens is 1. The Labute approximate surface area is 116 Å². The van der Waals surface area contributed by atoms with Crippen molar-refractivity contribution in [1.82, 2.24) is 5.32 Å². The quantitative estimate of drug-likeness (QED) is 0.643. The van der Waals surface area contributed by atoms with Gasteiger partial charge in [-0.05, 0) is 32.2 Å². The third-order valence-corrected chi connectivity index (χ3v) is 4.15. The first-order valence-electron chi connectivity index (χ1n) is 5.54. The molecule has 0 aromatic heterocycles. The van der Waals surface area contributed by atoms with E-state index in [1.54, 1.807) is 23.9 Å². The summed E-state index contributed by atoms with van der Waals surface area (Å²) in [6, 6.07) is 4.75. The van der Waals surface area contributed by atoms with Crippen LogP contribution in [0.1, 0.15) is 19.4 Å². The molecule has 0 heterocycles. The van der Waals surface area contributed by atoms with E-state index in [1.807, 2.05) is 6.26 Å². The van der Waals surface area contributed by atoms with E-state index in [1.165, 1.54) is 6.07 Å². The van der Waals surface area contributed by atoms with Crippen molar-refractivity contribution in [3.63, 3.8) is 0 Å². The molecule has 18 heavy (non-hydrogen) atoms. The monoisotopic (exact) mass is 288 g/mol. The van der Waals surface area contributed by atoms with Gasteiger partial charge in [0.25, 0.3) is 5.69 Å². The Bertz CT molecular complexity index is 438. The normalized spacial score (nSPS) is 11.6. The summed E-state index contributed by atoms with van der Waals surface area (Å²) in [6.45, 7) is 5.51. The van der Waals surface area contributed by atoms with E-state index >= 15 is 0 Å². The van der Waals surface area contributed by atoms with Gasteiger partial charge < -0.3 is 5.32 Å². The molecule has 0 atom stereocenters. The molecule has 1 N–H and O–H groups in total. The minimum absolute atomic E-state index is 0.0666. The molecule has 0 radical (unpaired) electrons. The molecule has 1 rings (SSSR count). The van der Waals surface area contributed by atoms with Crippen molar-refractivity contribution in [3.05, 3.63) is 38.9 Å². The highest BCUT2D eigenvalue weighted by Gasteiger charge is 2.17. The van der Waals surface area contributed by atoms with Crippen LogP contribution in [0.5, 0.6) is 0 Å². The minimum atomic E-state index is -0.400. The van der Waals surface area contributed by atoms with Crippen molar-refractivity contribution in [2.75, 3.05) is 12.8 Å². The number of thioether (sulfide) groups is 1. The number of nitro groups is 1. The second kappa shape index (κ2) is 6.41. The molecule has 0 unspecified atom stereocenters. The summed E-state index contributed by atoms with van der Waals surface area (Å²) in [5.74, 6) is 0. The molecule has 1 aromatic rings. The lowest BCUT2D eigenvalue weighted by Gasteiger charge is -2.22. The fourth-order valence-electron chi connectivity index (χ4n) is 1.43. The number of benzene rings is 1. The van der Waals surface area contributed by atoms with Gasteiger partial charge in [-0.2, -0.15) is 11.8 Å². The molecule has 0 saturated carbocycles. The van der Waals surface area contributed by atoms with Gasteiger partial charge in [0.1, 0.15) is 0 Å². The van der Waals surface area contributed by atoms with Gasteiger partial charge in [0.15, 0.2) is 0 Å². The van der Waals surface area contributed by atoms with E-state index in [0.717, 1.165) is 6.54 Å². The van der Waals surface area contributed by atoms with Crippen molar-refractivity contribution < 1.29 is 4.92 Å². The lowest BCUT2D eigenvalue weighted by molar-refractivity contribution is -0.385. The van der Waals surface area contributed by atoms with Crippen molar-refractivity contribution in [2.24, 2.45) is 0 Å². The summed E-state index contributed by atoms with van der Waals surface area (Å²) < 4.78 is 0.112. The Balaban J connectivity index is 2.70. The SMILES string of the molecule is CSC(C)(C)CNCc1ccc(Cl)cc1[N+](=O)[O-]. The summed E-state index contributed by atoms with van der Waals surface area (Å²) in [5, 5.41) is 14.5. The average Bonchev–Trinajstić information content (AvgIpc) is 2.30. The zero-order valence-electron chi connectivity index (χ0n) is 10.7. The van der Waals surface area contributed by atoms with E-state index in [2.05, 4.69) is 19.2 Å². The molecule has 0 spiro atoms. The maximum Gasteiger partial charge on any atom is 0.275 e. The lowest BCUT2D eigenvalue weighted by atomic mass is 10.1. The molecule has 0 saturated heterocycles. The van der Waals surface area contributed by atoms with Gasteiger partial charge in [0.2, 0.25) is 0 Å². The first-order chi connectivity index (χ1) is 8.35. The molecular weight excluding hydrogens is 272 g/mol. The molecular formula is C12H17ClN2O2S. The van der Waals surface area contributed by atoms with Gasteiger partial charge in [-0.3, -0.25) is 10.1 Å². The number of nitrogens with one attached hydrogen (secondary N) is 1. The first kappa shape index (κ1) is 15.3. The fourth-order valence-corrected chi connectivity index (χ4v) is 1.84. The number of hydrogen-bond acceptors (Lipinski definition) is 4. The summed E-state index contributed by atoms with van der Waals surface area (Å²) in [5.41, 5.74) is 0.721. The maximum atomic E-state index is 10.9. The standard InChI is InChI=1S/C12H17ClN2O2S/c1-12(2,18-3)8-14-7-9-4-5-10(13)6-11(9)15(16)17/h4-6,14H,7-8H2,1-3H3. The molecule has 100 valence electrons. The second-order valence-electron chi connectivity index (χ2n) is 4.60. The maximum absolute atomic E-state index is 10.9. The number of rotatable bonds is 6. The summed E-state index contributed by atoms with van der Waals surface area (Å²) in [6.07, 6.45) is 2.05. The third-order valence-electron chi connectivity index (χ3n) is 2.66. The highest BCUT2D eigenvalue weighted by atomic mass is 35.5. The van der Waals surface area contributed by atoms with E-state index in [9.17, 15) is 10.1 Å². The molecule has 0 aliphatic carbocycles. The Kier molecular flexibility index (Phi) is 5.44. The van der Waals surface area contributed by atoms with Crippen LogP contribution in [0.3, 0.4) is 0 Å². The smallest absolute Gasteiger partial charge is 0.275 e. The summed E-state index contributed by atoms with van der Waals surface area (Å²) in [7, 11) is 0. The molecule has 0 aliphatic rings. The predicted molar refractivity (Wildman–Crippen MR) is 77.4 cm³/mol. The van der Waals surface area contributed by atoms with Crippen molar-refractivity contribution in [2.45, 2.75) is 25.1 Å². The van der Waals surface area contributed by atoms with Crippen molar-refractivity contribution in [3.8, 4) is 0 Å². The zero-order valence-corrected chi connectivity index (χ0v) is 12.3. The van der Waals surface area contributed by atoms with Gasteiger partial charge in [0, 0.05) is 34.5 Å². The lowest BCUT2D eigenvalue weighted by Crippen LogP contribution is -2.31. The van der Waals surface area contributed by atoms with Crippen LogP contribution in [0.2, 0.25) is 5.02 Å². The van der Waals surface area contributed by atoms with Gasteiger partial charge >= 0.3 is 0 Å². The largest absolute Gasteiger partial charge is 0.311 e. The summed E-state index contributed by atoms with van der Waals surface area (Å²) in [4.78, 5) is 10.5. The van der Waals surface area contributed by atoms with Crippen LogP contribution in [-0.4, -0.2) is 22.5 Å². The molecule has 0 amide bonds. The number of nitrogens with zero attached hydrogens (tertiary/aromatic N) is 1. The fraction of sp³-hybridized carbons (Fsp3) is 0.500. The molecule has 4 nitrogen and oxygen atoms in total. The Hall–Kier alpha value is -0.780. The molecule has 6 heteroatoms. The van der Waals surface area contributed by atoms with Crippen LogP contribution in [0.4, 0.5) is 5.69 Å². The van der Waals surface area contributed by atoms with Crippen LogP contribution in [0, 0.1) is 10.1 Å². The van der Waals surface area contributed by atoms with Crippen molar-refractivity contribution >= 4 is 29.1 Å². The predicted octanol–water partition coefficient (Wildman–Crippen LogP) is 3.48. The summed E-state index contributed by atoms with van der Waals surface area (Å²) >= 11 is 7.52. The van der Waals surface area contributed by atoms with Crippen LogP contribution in [0.25, 0.3) is 0 Å². The number of nitro benzene ring substituents is 1. The number of hydrogen-bond donors (Lipinski definition) is 1. The Morgan fingerprint density at radius 2 is 2.17 bits per heavy atom. The molecule has 0 fully saturated rings. The van der Waals surface area contributed by atoms with Crippen LogP contribution in [0.15, 0.2) is 18.2 Å². The van der Waals surface area contributed by atoms with E-state index in [-0.39, 0.29) is 10.4 Å². The van der Waals surface area contributed by atoms with Crippen molar-refractivity contribution in [1.29, 1.82) is 0 Å². The van der Waals surface area contributed by atoms with E-state index in [0.29, 0.717) is 17.1 Å². The Morgan fingerprint density at radius 1 is 1.50 bits per heavy atom. The topological polar surface area (TPSA) is 55.2 Å². The molecule has 1 aromatic carbocycles. The van der Waals surface area contributed by atoms with Gasteiger partial charge in [-0.25, -0.2) is 0 Å². The van der Waals surface area contributed by atoms with Gasteiger partial charge in [-0.1, -0.05) is 11.6 Å². The van der Waals surface area contributed by atoms with E-state index < -0.39 is 4.92 Å². The zero-order chi connectivity index (χ0) is 13.8. The second-order valence-corrected chi connectivity index (χ2v) is 6.55. The van der Waals surface area contributed by atoms with Crippen LogP contribution in [-0.2, 0) is 6.54 Å². The van der Waals surface area contributed by atoms with Crippen LogP contribution >= 0.6 is 23.4 Å². The minimum Gasteiger partial charge on any atom is -0.311 e. The van der Waals surface area contributed by atoms with E-state index in [4.69, 9.17) is 11.6 Å². The third kappa shape index (κ3) is 4.48. The Morgan fingerprint density at radius 3 is 2.72 bits per heavy atom. The first-order valence-corrected chi connectivity index (χ1v) is 7.15. The molecule has 0 bridgehead atoms. The highest BCUT2D eigenvalue weighted by Crippen LogP contribution is 2.24. The average molecular weight is 289 g/mol.